The second kappa shape index (κ2) is 8.31. The molecule has 0 saturated heterocycles. The highest BCUT2D eigenvalue weighted by Crippen LogP contribution is 2.39. The minimum Gasteiger partial charge on any atom is -0.497 e. The molecule has 30 heavy (non-hydrogen) atoms. The Morgan fingerprint density at radius 1 is 1.27 bits per heavy atom. The maximum Gasteiger partial charge on any atom is 0.251 e. The zero-order chi connectivity index (χ0) is 21.3. The number of benzene rings is 2. The molecule has 0 bridgehead atoms. The lowest BCUT2D eigenvalue weighted by Crippen LogP contribution is -2.23. The van der Waals surface area contributed by atoms with E-state index in [1.54, 1.807) is 23.9 Å². The highest BCUT2D eigenvalue weighted by Gasteiger charge is 2.36. The molecule has 0 spiro atoms. The Morgan fingerprint density at radius 3 is 2.73 bits per heavy atom. The van der Waals surface area contributed by atoms with Crippen LogP contribution >= 0.6 is 15.9 Å². The predicted octanol–water partition coefficient (Wildman–Crippen LogP) is 4.41. The predicted molar refractivity (Wildman–Crippen MR) is 119 cm³/mol. The summed E-state index contributed by atoms with van der Waals surface area (Å²) in [7, 11) is 1.62. The summed E-state index contributed by atoms with van der Waals surface area (Å²) in [6, 6.07) is 14.2. The average Bonchev–Trinajstić information content (AvgIpc) is 3.25. The number of carbonyl (C=O) groups is 2. The number of rotatable bonds is 6. The molecule has 2 aromatic carbocycles. The van der Waals surface area contributed by atoms with E-state index in [2.05, 4.69) is 31.7 Å². The summed E-state index contributed by atoms with van der Waals surface area (Å²) in [6.45, 7) is 2.01. The number of nitrogens with zero attached hydrogens (tertiary/aromatic N) is 2. The molecule has 8 heteroatoms. The molecule has 1 unspecified atom stereocenters. The molecule has 0 fully saturated rings. The molecule has 0 aliphatic carbocycles. The van der Waals surface area contributed by atoms with Crippen molar-refractivity contribution in [2.75, 3.05) is 17.7 Å². The third-order valence-corrected chi connectivity index (χ3v) is 5.55. The van der Waals surface area contributed by atoms with Crippen LogP contribution in [0.2, 0.25) is 0 Å². The topological polar surface area (TPSA) is 85.2 Å². The van der Waals surface area contributed by atoms with Gasteiger partial charge in [-0.2, -0.15) is 5.10 Å². The standard InChI is InChI=1S/C22H21BrN4O3/c1-3-17-20(13-5-4-6-16(11-13)30-2)21-25-22(29)18(27(21)26-17)12-19(28)24-15-9-7-14(23)8-10-15/h4-11,18H,3,12H2,1-2H3,(H,24,28)(H,25,29). The average molecular weight is 469 g/mol. The van der Waals surface area contributed by atoms with Crippen molar-refractivity contribution in [1.29, 1.82) is 0 Å². The molecule has 2 amide bonds. The number of anilines is 2. The van der Waals surface area contributed by atoms with Gasteiger partial charge < -0.3 is 15.4 Å². The zero-order valence-electron chi connectivity index (χ0n) is 16.6. The van der Waals surface area contributed by atoms with Gasteiger partial charge in [-0.15, -0.1) is 0 Å². The molecule has 154 valence electrons. The first-order valence-corrected chi connectivity index (χ1v) is 10.4. The van der Waals surface area contributed by atoms with Crippen molar-refractivity contribution in [2.45, 2.75) is 25.8 Å². The lowest BCUT2D eigenvalue weighted by molar-refractivity contribution is -0.123. The Balaban J connectivity index is 1.61. The van der Waals surface area contributed by atoms with Crippen molar-refractivity contribution in [3.8, 4) is 16.9 Å². The maximum atomic E-state index is 12.6. The summed E-state index contributed by atoms with van der Waals surface area (Å²) in [5.74, 6) is 0.854. The van der Waals surface area contributed by atoms with E-state index in [1.807, 2.05) is 43.3 Å². The molecule has 7 nitrogen and oxygen atoms in total. The van der Waals surface area contributed by atoms with Crippen LogP contribution in [0.1, 0.15) is 25.1 Å². The Kier molecular flexibility index (Phi) is 5.59. The van der Waals surface area contributed by atoms with Crippen molar-refractivity contribution in [3.63, 3.8) is 0 Å². The van der Waals surface area contributed by atoms with Crippen molar-refractivity contribution in [3.05, 3.63) is 58.7 Å². The third-order valence-electron chi connectivity index (χ3n) is 5.02. The first kappa shape index (κ1) is 20.2. The largest absolute Gasteiger partial charge is 0.497 e. The fourth-order valence-corrected chi connectivity index (χ4v) is 3.83. The third kappa shape index (κ3) is 3.82. The van der Waals surface area contributed by atoms with Gasteiger partial charge >= 0.3 is 0 Å². The van der Waals surface area contributed by atoms with E-state index >= 15 is 0 Å². The summed E-state index contributed by atoms with van der Waals surface area (Å²) >= 11 is 3.37. The van der Waals surface area contributed by atoms with Gasteiger partial charge in [0.25, 0.3) is 5.91 Å². The number of methoxy groups -OCH3 is 1. The van der Waals surface area contributed by atoms with E-state index in [0.29, 0.717) is 17.9 Å². The number of ether oxygens (including phenoxy) is 1. The lowest BCUT2D eigenvalue weighted by Gasteiger charge is -2.10. The maximum absolute atomic E-state index is 12.6. The molecule has 1 aliphatic rings. The monoisotopic (exact) mass is 468 g/mol. The molecular formula is C22H21BrN4O3. The van der Waals surface area contributed by atoms with Crippen molar-refractivity contribution < 1.29 is 14.3 Å². The van der Waals surface area contributed by atoms with Crippen LogP contribution in [0.15, 0.2) is 53.0 Å². The molecule has 4 rings (SSSR count). The minimum atomic E-state index is -0.694. The molecule has 0 saturated carbocycles. The van der Waals surface area contributed by atoms with Gasteiger partial charge in [0, 0.05) is 15.7 Å². The lowest BCUT2D eigenvalue weighted by atomic mass is 10.0. The van der Waals surface area contributed by atoms with Gasteiger partial charge in [-0.3, -0.25) is 9.59 Å². The van der Waals surface area contributed by atoms with E-state index < -0.39 is 6.04 Å². The van der Waals surface area contributed by atoms with Crippen molar-refractivity contribution >= 4 is 39.2 Å². The van der Waals surface area contributed by atoms with Crippen molar-refractivity contribution in [1.82, 2.24) is 9.78 Å². The molecule has 1 atom stereocenters. The Labute approximate surface area is 182 Å². The Bertz CT molecular complexity index is 1110. The van der Waals surface area contributed by atoms with Crippen LogP contribution in [0.3, 0.4) is 0 Å². The number of hydrogen-bond acceptors (Lipinski definition) is 4. The van der Waals surface area contributed by atoms with Crippen LogP contribution in [-0.2, 0) is 16.0 Å². The Morgan fingerprint density at radius 2 is 2.03 bits per heavy atom. The highest BCUT2D eigenvalue weighted by molar-refractivity contribution is 9.10. The minimum absolute atomic E-state index is 0.00270. The number of aryl methyl sites for hydroxylation is 1. The van der Waals surface area contributed by atoms with Crippen LogP contribution < -0.4 is 15.4 Å². The first-order chi connectivity index (χ1) is 14.5. The molecular weight excluding hydrogens is 448 g/mol. The van der Waals surface area contributed by atoms with E-state index in [4.69, 9.17) is 4.74 Å². The molecule has 1 aromatic heterocycles. The number of amides is 2. The van der Waals surface area contributed by atoms with E-state index in [1.165, 1.54) is 0 Å². The van der Waals surface area contributed by atoms with Crippen LogP contribution in [0.25, 0.3) is 11.1 Å². The van der Waals surface area contributed by atoms with Gasteiger partial charge in [0.15, 0.2) is 0 Å². The molecule has 1 aliphatic heterocycles. The summed E-state index contributed by atoms with van der Waals surface area (Å²) in [5, 5.41) is 10.4. The van der Waals surface area contributed by atoms with Gasteiger partial charge in [0.1, 0.15) is 17.6 Å². The van der Waals surface area contributed by atoms with Crippen LogP contribution in [0, 0.1) is 0 Å². The number of hydrogen-bond donors (Lipinski definition) is 2. The number of carbonyl (C=O) groups excluding carboxylic acids is 2. The van der Waals surface area contributed by atoms with Gasteiger partial charge in [-0.1, -0.05) is 35.0 Å². The van der Waals surface area contributed by atoms with Crippen LogP contribution in [0.4, 0.5) is 11.5 Å². The Hall–Kier alpha value is -3.13. The number of halogens is 1. The molecule has 3 aromatic rings. The summed E-state index contributed by atoms with van der Waals surface area (Å²) < 4.78 is 7.90. The van der Waals surface area contributed by atoms with Crippen LogP contribution in [-0.4, -0.2) is 28.7 Å². The fourth-order valence-electron chi connectivity index (χ4n) is 3.57. The van der Waals surface area contributed by atoms with E-state index in [-0.39, 0.29) is 18.2 Å². The quantitative estimate of drug-likeness (QED) is 0.561. The fraction of sp³-hybridized carbons (Fsp3) is 0.227. The summed E-state index contributed by atoms with van der Waals surface area (Å²) in [6.07, 6.45) is 0.692. The highest BCUT2D eigenvalue weighted by atomic mass is 79.9. The first-order valence-electron chi connectivity index (χ1n) is 9.62. The van der Waals surface area contributed by atoms with E-state index in [9.17, 15) is 9.59 Å². The molecule has 0 radical (unpaired) electrons. The van der Waals surface area contributed by atoms with Gasteiger partial charge in [0.2, 0.25) is 5.91 Å². The number of fused-ring (bicyclic) bond motifs is 1. The smallest absolute Gasteiger partial charge is 0.251 e. The molecule has 2 N–H and O–H groups in total. The molecule has 2 heterocycles. The van der Waals surface area contributed by atoms with Crippen molar-refractivity contribution in [2.24, 2.45) is 0 Å². The summed E-state index contributed by atoms with van der Waals surface area (Å²) in [5.41, 5.74) is 3.30. The number of aromatic nitrogens is 2. The van der Waals surface area contributed by atoms with Crippen LogP contribution in [0.5, 0.6) is 5.75 Å². The SMILES string of the molecule is CCc1nn2c(c1-c1cccc(OC)c1)NC(=O)C2CC(=O)Nc1ccc(Br)cc1. The number of nitrogens with one attached hydrogen (secondary N) is 2. The second-order valence-electron chi connectivity index (χ2n) is 6.96. The van der Waals surface area contributed by atoms with E-state index in [0.717, 1.165) is 27.0 Å². The normalized spacial score (nSPS) is 14.9. The van der Waals surface area contributed by atoms with Gasteiger partial charge in [-0.05, 0) is 48.4 Å². The van der Waals surface area contributed by atoms with Gasteiger partial charge in [0.05, 0.1) is 19.2 Å². The van der Waals surface area contributed by atoms with Gasteiger partial charge in [-0.25, -0.2) is 4.68 Å². The second-order valence-corrected chi connectivity index (χ2v) is 7.88. The zero-order valence-corrected chi connectivity index (χ0v) is 18.2. The summed E-state index contributed by atoms with van der Waals surface area (Å²) in [4.78, 5) is 25.2.